The minimum absolute atomic E-state index is 0.0853. The Labute approximate surface area is 114 Å². The molecule has 0 aliphatic heterocycles. The summed E-state index contributed by atoms with van der Waals surface area (Å²) in [6.07, 6.45) is 4.53. The largest absolute Gasteiger partial charge is 0.493 e. The van der Waals surface area contributed by atoms with Gasteiger partial charge in [-0.25, -0.2) is 0 Å². The summed E-state index contributed by atoms with van der Waals surface area (Å²) in [4.78, 5) is 0. The Morgan fingerprint density at radius 3 is 2.84 bits per heavy atom. The van der Waals surface area contributed by atoms with Crippen LogP contribution in [0.5, 0.6) is 11.5 Å². The third kappa shape index (κ3) is 2.99. The topological polar surface area (TPSA) is 68.3 Å². The first kappa shape index (κ1) is 13.7. The van der Waals surface area contributed by atoms with Crippen LogP contribution in [0.3, 0.4) is 0 Å². The number of hydrogen-bond acceptors (Lipinski definition) is 4. The number of rotatable bonds is 4. The van der Waals surface area contributed by atoms with Crippen molar-refractivity contribution < 1.29 is 9.47 Å². The molecule has 102 valence electrons. The Morgan fingerprint density at radius 1 is 1.37 bits per heavy atom. The Hall–Kier alpha value is -1.73. The van der Waals surface area contributed by atoms with Gasteiger partial charge in [-0.15, -0.1) is 0 Å². The molecule has 4 nitrogen and oxygen atoms in total. The Kier molecular flexibility index (Phi) is 4.64. The van der Waals surface area contributed by atoms with Crippen molar-refractivity contribution in [1.82, 2.24) is 0 Å². The van der Waals surface area contributed by atoms with Crippen molar-refractivity contribution in [2.24, 2.45) is 11.7 Å². The lowest BCUT2D eigenvalue weighted by Crippen LogP contribution is -2.35. The molecule has 0 aromatic heterocycles. The standard InChI is InChI=1S/C15H20N2O2/c1-18-14-8-4-6-12(10-17)15(14)19-13-7-3-2-5-11(13)9-16/h4,6,8,11,13H,2-3,5,7,9,16H2,1H3. The van der Waals surface area contributed by atoms with Crippen LogP contribution in [0.15, 0.2) is 18.2 Å². The quantitative estimate of drug-likeness (QED) is 0.903. The number of ether oxygens (including phenoxy) is 2. The summed E-state index contributed by atoms with van der Waals surface area (Å²) >= 11 is 0. The lowest BCUT2D eigenvalue weighted by molar-refractivity contribution is 0.0934. The van der Waals surface area contributed by atoms with Crippen molar-refractivity contribution in [2.45, 2.75) is 31.8 Å². The van der Waals surface area contributed by atoms with Crippen LogP contribution < -0.4 is 15.2 Å². The van der Waals surface area contributed by atoms with E-state index in [0.29, 0.717) is 29.5 Å². The van der Waals surface area contributed by atoms with Gasteiger partial charge in [0.1, 0.15) is 12.2 Å². The molecule has 0 heterocycles. The van der Waals surface area contributed by atoms with Crippen molar-refractivity contribution in [3.05, 3.63) is 23.8 Å². The van der Waals surface area contributed by atoms with Gasteiger partial charge in [0.05, 0.1) is 12.7 Å². The van der Waals surface area contributed by atoms with E-state index in [1.54, 1.807) is 19.2 Å². The molecule has 1 aromatic rings. The van der Waals surface area contributed by atoms with Gasteiger partial charge in [-0.05, 0) is 37.9 Å². The summed E-state index contributed by atoms with van der Waals surface area (Å²) in [6, 6.07) is 7.52. The molecule has 1 fully saturated rings. The molecule has 2 rings (SSSR count). The van der Waals surface area contributed by atoms with E-state index in [-0.39, 0.29) is 6.10 Å². The fourth-order valence-electron chi connectivity index (χ4n) is 2.64. The first-order valence-corrected chi connectivity index (χ1v) is 6.74. The molecule has 1 aromatic carbocycles. The number of nitrogens with zero attached hydrogens (tertiary/aromatic N) is 1. The van der Waals surface area contributed by atoms with Gasteiger partial charge in [-0.1, -0.05) is 12.5 Å². The van der Waals surface area contributed by atoms with Gasteiger partial charge >= 0.3 is 0 Å². The Morgan fingerprint density at radius 2 is 2.16 bits per heavy atom. The average molecular weight is 260 g/mol. The lowest BCUT2D eigenvalue weighted by atomic mass is 9.86. The molecule has 0 saturated heterocycles. The maximum Gasteiger partial charge on any atom is 0.179 e. The van der Waals surface area contributed by atoms with Gasteiger partial charge in [-0.3, -0.25) is 0 Å². The molecule has 0 bridgehead atoms. The Balaban J connectivity index is 2.24. The monoisotopic (exact) mass is 260 g/mol. The molecule has 4 heteroatoms. The normalized spacial score (nSPS) is 22.6. The van der Waals surface area contributed by atoms with E-state index < -0.39 is 0 Å². The summed E-state index contributed by atoms with van der Waals surface area (Å²) in [6.45, 7) is 0.627. The maximum atomic E-state index is 9.18. The molecular weight excluding hydrogens is 240 g/mol. The van der Waals surface area contributed by atoms with Crippen LogP contribution in [-0.2, 0) is 0 Å². The first-order valence-electron chi connectivity index (χ1n) is 6.74. The highest BCUT2D eigenvalue weighted by molar-refractivity contribution is 5.52. The maximum absolute atomic E-state index is 9.18. The lowest BCUT2D eigenvalue weighted by Gasteiger charge is -2.31. The molecule has 2 atom stereocenters. The second kappa shape index (κ2) is 6.44. The zero-order valence-electron chi connectivity index (χ0n) is 11.3. The smallest absolute Gasteiger partial charge is 0.179 e. The van der Waals surface area contributed by atoms with E-state index in [4.69, 9.17) is 15.2 Å². The van der Waals surface area contributed by atoms with Crippen LogP contribution in [0.2, 0.25) is 0 Å². The zero-order chi connectivity index (χ0) is 13.7. The summed E-state index contributed by atoms with van der Waals surface area (Å²) in [5.74, 6) is 1.53. The molecule has 2 unspecified atom stereocenters. The number of methoxy groups -OCH3 is 1. The number of benzene rings is 1. The van der Waals surface area contributed by atoms with Crippen LogP contribution in [0, 0.1) is 17.2 Å². The zero-order valence-corrected chi connectivity index (χ0v) is 11.3. The summed E-state index contributed by atoms with van der Waals surface area (Å²) in [5.41, 5.74) is 6.33. The van der Waals surface area contributed by atoms with Gasteiger partial charge in [0.2, 0.25) is 0 Å². The molecule has 1 saturated carbocycles. The number of para-hydroxylation sites is 1. The van der Waals surface area contributed by atoms with E-state index in [1.165, 1.54) is 6.42 Å². The third-order valence-corrected chi connectivity index (χ3v) is 3.73. The SMILES string of the molecule is COc1cccc(C#N)c1OC1CCCCC1CN. The highest BCUT2D eigenvalue weighted by atomic mass is 16.5. The number of hydrogen-bond donors (Lipinski definition) is 1. The molecule has 0 radical (unpaired) electrons. The average Bonchev–Trinajstić information content (AvgIpc) is 2.48. The molecule has 0 spiro atoms. The predicted molar refractivity (Wildman–Crippen MR) is 73.1 cm³/mol. The third-order valence-electron chi connectivity index (χ3n) is 3.73. The van der Waals surface area contributed by atoms with Gasteiger partial charge in [0.15, 0.2) is 11.5 Å². The van der Waals surface area contributed by atoms with Crippen LogP contribution in [-0.4, -0.2) is 19.8 Å². The second-order valence-electron chi connectivity index (χ2n) is 4.89. The van der Waals surface area contributed by atoms with Crippen LogP contribution >= 0.6 is 0 Å². The fourth-order valence-corrected chi connectivity index (χ4v) is 2.64. The minimum Gasteiger partial charge on any atom is -0.493 e. The van der Waals surface area contributed by atoms with Crippen molar-refractivity contribution in [3.63, 3.8) is 0 Å². The summed E-state index contributed by atoms with van der Waals surface area (Å²) in [7, 11) is 1.59. The molecule has 1 aliphatic carbocycles. The van der Waals surface area contributed by atoms with Crippen LogP contribution in [0.4, 0.5) is 0 Å². The molecule has 0 amide bonds. The highest BCUT2D eigenvalue weighted by Gasteiger charge is 2.27. The molecule has 19 heavy (non-hydrogen) atoms. The molecule has 1 aliphatic rings. The van der Waals surface area contributed by atoms with Crippen molar-refractivity contribution in [1.29, 1.82) is 5.26 Å². The summed E-state index contributed by atoms with van der Waals surface area (Å²) < 4.78 is 11.4. The minimum atomic E-state index is 0.0853. The van der Waals surface area contributed by atoms with Crippen molar-refractivity contribution >= 4 is 0 Å². The van der Waals surface area contributed by atoms with Crippen LogP contribution in [0.1, 0.15) is 31.2 Å². The number of nitrogens with two attached hydrogens (primary N) is 1. The van der Waals surface area contributed by atoms with Crippen molar-refractivity contribution in [3.8, 4) is 17.6 Å². The van der Waals surface area contributed by atoms with E-state index >= 15 is 0 Å². The van der Waals surface area contributed by atoms with E-state index in [2.05, 4.69) is 6.07 Å². The van der Waals surface area contributed by atoms with Gasteiger partial charge in [0.25, 0.3) is 0 Å². The molecular formula is C15H20N2O2. The fraction of sp³-hybridized carbons (Fsp3) is 0.533. The van der Waals surface area contributed by atoms with Crippen molar-refractivity contribution in [2.75, 3.05) is 13.7 Å². The molecule has 2 N–H and O–H groups in total. The predicted octanol–water partition coefficient (Wildman–Crippen LogP) is 2.46. The van der Waals surface area contributed by atoms with Gasteiger partial charge in [0, 0.05) is 5.92 Å². The summed E-state index contributed by atoms with van der Waals surface area (Å²) in [5, 5.41) is 9.18. The second-order valence-corrected chi connectivity index (χ2v) is 4.89. The van der Waals surface area contributed by atoms with E-state index in [9.17, 15) is 5.26 Å². The van der Waals surface area contributed by atoms with Gasteiger partial charge in [-0.2, -0.15) is 5.26 Å². The number of nitriles is 1. The van der Waals surface area contributed by atoms with E-state index in [1.807, 2.05) is 6.07 Å². The first-order chi connectivity index (χ1) is 9.30. The van der Waals surface area contributed by atoms with E-state index in [0.717, 1.165) is 19.3 Å². The van der Waals surface area contributed by atoms with Crippen LogP contribution in [0.25, 0.3) is 0 Å². The van der Waals surface area contributed by atoms with Gasteiger partial charge < -0.3 is 15.2 Å². The highest BCUT2D eigenvalue weighted by Crippen LogP contribution is 2.35. The Bertz CT molecular complexity index is 468.